The fraction of sp³-hybridized carbons (Fsp3) is 0.174. The van der Waals surface area contributed by atoms with E-state index < -0.39 is 34.2 Å². The molecule has 0 radical (unpaired) electrons. The lowest BCUT2D eigenvalue weighted by Crippen LogP contribution is -2.38. The second-order valence-corrected chi connectivity index (χ2v) is 10.0. The van der Waals surface area contributed by atoms with Crippen molar-refractivity contribution in [1.82, 2.24) is 0 Å². The van der Waals surface area contributed by atoms with Gasteiger partial charge in [0, 0.05) is 0 Å². The highest BCUT2D eigenvalue weighted by Crippen LogP contribution is 2.35. The lowest BCUT2D eigenvalue weighted by molar-refractivity contribution is -0.137. The van der Waals surface area contributed by atoms with Gasteiger partial charge >= 0.3 is 6.18 Å². The number of aryl methyl sites for hydroxylation is 1. The van der Waals surface area contributed by atoms with Crippen molar-refractivity contribution in [2.24, 2.45) is 0 Å². The zero-order valence-corrected chi connectivity index (χ0v) is 20.7. The van der Waals surface area contributed by atoms with Gasteiger partial charge in [-0.1, -0.05) is 41.4 Å². The molecule has 1 amide bonds. The van der Waals surface area contributed by atoms with Gasteiger partial charge in [-0.25, -0.2) is 8.42 Å². The molecule has 1 N–H and O–H groups in total. The molecule has 0 unspecified atom stereocenters. The summed E-state index contributed by atoms with van der Waals surface area (Å²) in [5, 5.41) is 2.62. The Morgan fingerprint density at radius 3 is 2.26 bits per heavy atom. The van der Waals surface area contributed by atoms with Gasteiger partial charge in [-0.15, -0.1) is 0 Å². The molecule has 3 rings (SSSR count). The van der Waals surface area contributed by atoms with E-state index in [0.29, 0.717) is 15.9 Å². The van der Waals surface area contributed by atoms with Crippen LogP contribution in [0.3, 0.4) is 0 Å². The predicted octanol–water partition coefficient (Wildman–Crippen LogP) is 6.16. The first kappa shape index (κ1) is 26.7. The molecule has 3 aromatic carbocycles. The Bertz CT molecular complexity index is 1340. The number of nitrogens with zero attached hydrogens (tertiary/aromatic N) is 1. The molecule has 0 saturated carbocycles. The van der Waals surface area contributed by atoms with Crippen molar-refractivity contribution >= 4 is 50.5 Å². The van der Waals surface area contributed by atoms with E-state index in [1.54, 1.807) is 19.1 Å². The van der Waals surface area contributed by atoms with E-state index in [9.17, 15) is 26.4 Å². The summed E-state index contributed by atoms with van der Waals surface area (Å²) in [7, 11) is -3.32. The minimum atomic E-state index is -4.74. The first-order valence-electron chi connectivity index (χ1n) is 9.93. The first-order chi connectivity index (χ1) is 16.3. The third kappa shape index (κ3) is 6.01. The van der Waals surface area contributed by atoms with E-state index in [0.717, 1.165) is 18.2 Å². The normalized spacial score (nSPS) is 11.7. The number of hydrogen-bond acceptors (Lipinski definition) is 4. The molecule has 0 spiro atoms. The number of amides is 1. The summed E-state index contributed by atoms with van der Waals surface area (Å²) in [5.74, 6) is -0.922. The molecule has 12 heteroatoms. The topological polar surface area (TPSA) is 75.7 Å². The van der Waals surface area contributed by atoms with Crippen LogP contribution in [0.5, 0.6) is 5.75 Å². The molecule has 0 aliphatic heterocycles. The van der Waals surface area contributed by atoms with E-state index in [1.165, 1.54) is 31.4 Å². The number of rotatable bonds is 7. The number of carbonyl (C=O) groups is 1. The minimum Gasteiger partial charge on any atom is -0.495 e. The Morgan fingerprint density at radius 2 is 1.66 bits per heavy atom. The SMILES string of the molecule is COc1ccc(C)cc1S(=O)(=O)N(CC(=O)Nc1c(Cl)cccc1Cl)c1cccc(C(F)(F)F)c1. The van der Waals surface area contributed by atoms with E-state index in [4.69, 9.17) is 27.9 Å². The maximum Gasteiger partial charge on any atom is 0.416 e. The number of hydrogen-bond donors (Lipinski definition) is 1. The molecule has 6 nitrogen and oxygen atoms in total. The number of benzene rings is 3. The molecule has 0 bridgehead atoms. The third-order valence-electron chi connectivity index (χ3n) is 4.86. The van der Waals surface area contributed by atoms with Gasteiger partial charge in [0.2, 0.25) is 5.91 Å². The molecular weight excluding hydrogens is 528 g/mol. The second-order valence-electron chi connectivity index (χ2n) is 7.36. The maximum atomic E-state index is 13.7. The number of sulfonamides is 1. The fourth-order valence-electron chi connectivity index (χ4n) is 3.18. The van der Waals surface area contributed by atoms with Gasteiger partial charge in [0.1, 0.15) is 17.2 Å². The van der Waals surface area contributed by atoms with Crippen LogP contribution >= 0.6 is 23.2 Å². The van der Waals surface area contributed by atoms with E-state index >= 15 is 0 Å². The van der Waals surface area contributed by atoms with Crippen molar-refractivity contribution in [2.75, 3.05) is 23.3 Å². The Balaban J connectivity index is 2.11. The van der Waals surface area contributed by atoms with Crippen LogP contribution in [-0.4, -0.2) is 28.0 Å². The average Bonchev–Trinajstić information content (AvgIpc) is 2.79. The van der Waals surface area contributed by atoms with Gasteiger partial charge in [0.25, 0.3) is 10.0 Å². The number of anilines is 2. The van der Waals surface area contributed by atoms with E-state index in [-0.39, 0.29) is 32.1 Å². The molecule has 0 aliphatic carbocycles. The standard InChI is InChI=1S/C23H19Cl2F3N2O4S/c1-14-9-10-19(34-2)20(11-14)35(32,33)30(16-6-3-5-15(12-16)23(26,27)28)13-21(31)29-22-17(24)7-4-8-18(22)25/h3-12H,13H2,1-2H3,(H,29,31). The average molecular weight is 547 g/mol. The van der Waals surface area contributed by atoms with Crippen molar-refractivity contribution in [2.45, 2.75) is 18.0 Å². The van der Waals surface area contributed by atoms with Crippen molar-refractivity contribution < 1.29 is 31.1 Å². The second kappa shape index (κ2) is 10.3. The van der Waals surface area contributed by atoms with E-state index in [2.05, 4.69) is 5.32 Å². The van der Waals surface area contributed by atoms with Crippen LogP contribution in [0.25, 0.3) is 0 Å². The zero-order chi connectivity index (χ0) is 26.0. The predicted molar refractivity (Wildman–Crippen MR) is 129 cm³/mol. The van der Waals surface area contributed by atoms with Crippen molar-refractivity contribution in [1.29, 1.82) is 0 Å². The molecule has 0 atom stereocenters. The Hall–Kier alpha value is -2.95. The zero-order valence-electron chi connectivity index (χ0n) is 18.4. The number of methoxy groups -OCH3 is 1. The fourth-order valence-corrected chi connectivity index (χ4v) is 5.33. The number of nitrogens with one attached hydrogen (secondary N) is 1. The lowest BCUT2D eigenvalue weighted by atomic mass is 10.2. The van der Waals surface area contributed by atoms with Gasteiger partial charge in [0.05, 0.1) is 34.1 Å². The molecule has 35 heavy (non-hydrogen) atoms. The number of ether oxygens (including phenoxy) is 1. The van der Waals surface area contributed by atoms with Crippen molar-refractivity contribution in [3.63, 3.8) is 0 Å². The lowest BCUT2D eigenvalue weighted by Gasteiger charge is -2.26. The van der Waals surface area contributed by atoms with Crippen molar-refractivity contribution in [3.8, 4) is 5.75 Å². The third-order valence-corrected chi connectivity index (χ3v) is 7.29. The van der Waals surface area contributed by atoms with Crippen LogP contribution in [0.15, 0.2) is 65.6 Å². The summed E-state index contributed by atoms with van der Waals surface area (Å²) in [5.41, 5.74) is -0.860. The summed E-state index contributed by atoms with van der Waals surface area (Å²) >= 11 is 12.1. The molecule has 0 aromatic heterocycles. The minimum absolute atomic E-state index is 0.0374. The molecule has 186 valence electrons. The molecule has 0 saturated heterocycles. The van der Waals surface area contributed by atoms with Crippen LogP contribution < -0.4 is 14.4 Å². The van der Waals surface area contributed by atoms with Crippen LogP contribution in [0.4, 0.5) is 24.5 Å². The molecule has 0 fully saturated rings. The van der Waals surface area contributed by atoms with Gasteiger partial charge < -0.3 is 10.1 Å². The summed E-state index contributed by atoms with van der Waals surface area (Å²) in [4.78, 5) is 12.6. The number of carbonyl (C=O) groups excluding carboxylic acids is 1. The van der Waals surface area contributed by atoms with Crippen LogP contribution in [0.1, 0.15) is 11.1 Å². The number of para-hydroxylation sites is 1. The van der Waals surface area contributed by atoms with E-state index in [1.807, 2.05) is 0 Å². The largest absolute Gasteiger partial charge is 0.495 e. The number of alkyl halides is 3. The summed E-state index contributed by atoms with van der Waals surface area (Å²) in [6, 6.07) is 12.4. The van der Waals surface area contributed by atoms with Gasteiger partial charge in [-0.3, -0.25) is 9.10 Å². The molecular formula is C23H19Cl2F3N2O4S. The highest BCUT2D eigenvalue weighted by molar-refractivity contribution is 7.93. The molecule has 3 aromatic rings. The highest BCUT2D eigenvalue weighted by Gasteiger charge is 2.34. The Labute approximate surface area is 210 Å². The number of halogens is 5. The summed E-state index contributed by atoms with van der Waals surface area (Å²) < 4.78 is 73.2. The smallest absolute Gasteiger partial charge is 0.416 e. The first-order valence-corrected chi connectivity index (χ1v) is 12.1. The maximum absolute atomic E-state index is 13.7. The Morgan fingerprint density at radius 1 is 1.03 bits per heavy atom. The van der Waals surface area contributed by atoms with Gasteiger partial charge in [-0.2, -0.15) is 13.2 Å². The van der Waals surface area contributed by atoms with Crippen LogP contribution in [-0.2, 0) is 21.0 Å². The highest BCUT2D eigenvalue weighted by atomic mass is 35.5. The quantitative estimate of drug-likeness (QED) is 0.385. The van der Waals surface area contributed by atoms with Gasteiger partial charge in [-0.05, 0) is 55.0 Å². The molecule has 0 aliphatic rings. The van der Waals surface area contributed by atoms with Gasteiger partial charge in [0.15, 0.2) is 0 Å². The van der Waals surface area contributed by atoms with Crippen LogP contribution in [0.2, 0.25) is 10.0 Å². The monoisotopic (exact) mass is 546 g/mol. The summed E-state index contributed by atoms with van der Waals surface area (Å²) in [6.45, 7) is 0.765. The Kier molecular flexibility index (Phi) is 7.88. The van der Waals surface area contributed by atoms with Crippen LogP contribution in [0, 0.1) is 6.92 Å². The summed E-state index contributed by atoms with van der Waals surface area (Å²) in [6.07, 6.45) is -4.74. The molecule has 0 heterocycles. The van der Waals surface area contributed by atoms with Crippen molar-refractivity contribution in [3.05, 3.63) is 81.8 Å².